The van der Waals surface area contributed by atoms with Gasteiger partial charge in [0, 0.05) is 23.8 Å². The van der Waals surface area contributed by atoms with Crippen molar-refractivity contribution in [1.29, 1.82) is 0 Å². The van der Waals surface area contributed by atoms with Crippen LogP contribution in [0.2, 0.25) is 0 Å². The Balaban J connectivity index is 2.07. The van der Waals surface area contributed by atoms with Crippen LogP contribution < -0.4 is 11.1 Å². The van der Waals surface area contributed by atoms with Crippen molar-refractivity contribution in [2.45, 2.75) is 13.8 Å². The monoisotopic (exact) mass is 243 g/mol. The van der Waals surface area contributed by atoms with Crippen LogP contribution in [0.15, 0.2) is 36.5 Å². The zero-order valence-electron chi connectivity index (χ0n) is 11.1. The van der Waals surface area contributed by atoms with Gasteiger partial charge in [0.2, 0.25) is 0 Å². The zero-order valence-corrected chi connectivity index (χ0v) is 11.1. The molecule has 0 aliphatic heterocycles. The zero-order chi connectivity index (χ0) is 13.0. The molecule has 3 N–H and O–H groups in total. The first-order valence-electron chi connectivity index (χ1n) is 6.49. The van der Waals surface area contributed by atoms with Crippen LogP contribution in [-0.2, 0) is 0 Å². The number of hydrogen-bond acceptors (Lipinski definition) is 3. The molecule has 2 aromatic rings. The van der Waals surface area contributed by atoms with E-state index >= 15 is 0 Å². The normalized spacial score (nSPS) is 12.9. The first-order chi connectivity index (χ1) is 8.70. The summed E-state index contributed by atoms with van der Waals surface area (Å²) in [6.45, 7) is 6.06. The number of nitrogens with one attached hydrogen (secondary N) is 1. The third kappa shape index (κ3) is 2.99. The highest BCUT2D eigenvalue weighted by Crippen LogP contribution is 2.18. The molecular formula is C15H21N3. The van der Waals surface area contributed by atoms with Gasteiger partial charge in [-0.3, -0.25) is 4.98 Å². The highest BCUT2D eigenvalue weighted by Gasteiger charge is 2.10. The van der Waals surface area contributed by atoms with Gasteiger partial charge in [-0.05, 0) is 42.6 Å². The average Bonchev–Trinajstić information content (AvgIpc) is 2.39. The molecule has 0 fully saturated rings. The van der Waals surface area contributed by atoms with Crippen LogP contribution in [0.3, 0.4) is 0 Å². The standard InChI is InChI=1S/C15H21N3/c1-11(2)13(9-16)10-18-14-5-6-15-12(8-14)4-3-7-17-15/h3-8,11,13,18H,9-10,16H2,1-2H3. The van der Waals surface area contributed by atoms with Crippen molar-refractivity contribution >= 4 is 16.6 Å². The van der Waals surface area contributed by atoms with E-state index in [9.17, 15) is 0 Å². The fourth-order valence-corrected chi connectivity index (χ4v) is 2.03. The quantitative estimate of drug-likeness (QED) is 0.849. The Bertz CT molecular complexity index is 508. The predicted octanol–water partition coefficient (Wildman–Crippen LogP) is 2.88. The number of rotatable bonds is 5. The Morgan fingerprint density at radius 1 is 1.28 bits per heavy atom. The maximum Gasteiger partial charge on any atom is 0.0703 e. The molecule has 3 heteroatoms. The van der Waals surface area contributed by atoms with Crippen LogP contribution in [-0.4, -0.2) is 18.1 Å². The van der Waals surface area contributed by atoms with E-state index in [1.165, 1.54) is 0 Å². The number of hydrogen-bond donors (Lipinski definition) is 2. The van der Waals surface area contributed by atoms with E-state index in [4.69, 9.17) is 5.73 Å². The second-order valence-electron chi connectivity index (χ2n) is 5.03. The summed E-state index contributed by atoms with van der Waals surface area (Å²) >= 11 is 0. The third-order valence-electron chi connectivity index (χ3n) is 3.42. The minimum absolute atomic E-state index is 0.509. The van der Waals surface area contributed by atoms with Crippen molar-refractivity contribution < 1.29 is 0 Å². The fourth-order valence-electron chi connectivity index (χ4n) is 2.03. The van der Waals surface area contributed by atoms with Gasteiger partial charge in [0.25, 0.3) is 0 Å². The molecule has 0 aliphatic rings. The van der Waals surface area contributed by atoms with E-state index in [0.29, 0.717) is 11.8 Å². The summed E-state index contributed by atoms with van der Waals surface area (Å²) in [7, 11) is 0. The molecule has 0 bridgehead atoms. The van der Waals surface area contributed by atoms with Gasteiger partial charge in [0.15, 0.2) is 0 Å². The van der Waals surface area contributed by atoms with Gasteiger partial charge in [-0.25, -0.2) is 0 Å². The second-order valence-corrected chi connectivity index (χ2v) is 5.03. The van der Waals surface area contributed by atoms with E-state index in [-0.39, 0.29) is 0 Å². The maximum atomic E-state index is 5.78. The van der Waals surface area contributed by atoms with E-state index in [0.717, 1.165) is 29.7 Å². The van der Waals surface area contributed by atoms with Gasteiger partial charge < -0.3 is 11.1 Å². The van der Waals surface area contributed by atoms with Crippen molar-refractivity contribution in [3.8, 4) is 0 Å². The lowest BCUT2D eigenvalue weighted by Crippen LogP contribution is -2.27. The number of benzene rings is 1. The molecule has 1 atom stereocenters. The van der Waals surface area contributed by atoms with Crippen LogP contribution >= 0.6 is 0 Å². The second kappa shape index (κ2) is 5.83. The van der Waals surface area contributed by atoms with Gasteiger partial charge >= 0.3 is 0 Å². The topological polar surface area (TPSA) is 50.9 Å². The fraction of sp³-hybridized carbons (Fsp3) is 0.400. The smallest absolute Gasteiger partial charge is 0.0703 e. The molecule has 1 unspecified atom stereocenters. The van der Waals surface area contributed by atoms with E-state index in [1.807, 2.05) is 18.3 Å². The molecule has 1 heterocycles. The lowest BCUT2D eigenvalue weighted by molar-refractivity contribution is 0.413. The minimum Gasteiger partial charge on any atom is -0.385 e. The summed E-state index contributed by atoms with van der Waals surface area (Å²) in [4.78, 5) is 4.31. The third-order valence-corrected chi connectivity index (χ3v) is 3.42. The average molecular weight is 243 g/mol. The maximum absolute atomic E-state index is 5.78. The Labute approximate surface area is 108 Å². The Morgan fingerprint density at radius 3 is 2.83 bits per heavy atom. The first-order valence-corrected chi connectivity index (χ1v) is 6.49. The highest BCUT2D eigenvalue weighted by molar-refractivity contribution is 5.82. The number of nitrogens with two attached hydrogens (primary N) is 1. The largest absolute Gasteiger partial charge is 0.385 e. The Kier molecular flexibility index (Phi) is 4.15. The molecule has 0 spiro atoms. The van der Waals surface area contributed by atoms with Crippen LogP contribution in [0.25, 0.3) is 10.9 Å². The van der Waals surface area contributed by atoms with Crippen LogP contribution in [0.4, 0.5) is 5.69 Å². The van der Waals surface area contributed by atoms with E-state index in [1.54, 1.807) is 0 Å². The van der Waals surface area contributed by atoms with Crippen LogP contribution in [0, 0.1) is 11.8 Å². The number of anilines is 1. The molecule has 0 amide bonds. The van der Waals surface area contributed by atoms with Crippen LogP contribution in [0.1, 0.15) is 13.8 Å². The number of nitrogens with zero attached hydrogens (tertiary/aromatic N) is 1. The highest BCUT2D eigenvalue weighted by atomic mass is 14.9. The Hall–Kier alpha value is -1.61. The Morgan fingerprint density at radius 2 is 2.11 bits per heavy atom. The van der Waals surface area contributed by atoms with E-state index in [2.05, 4.69) is 42.3 Å². The summed E-state index contributed by atoms with van der Waals surface area (Å²) in [5, 5.41) is 4.62. The van der Waals surface area contributed by atoms with E-state index < -0.39 is 0 Å². The van der Waals surface area contributed by atoms with Crippen molar-refractivity contribution in [3.05, 3.63) is 36.5 Å². The summed E-state index contributed by atoms with van der Waals surface area (Å²) in [6.07, 6.45) is 1.82. The first kappa shape index (κ1) is 12.8. The lowest BCUT2D eigenvalue weighted by atomic mass is 9.96. The van der Waals surface area contributed by atoms with Crippen molar-refractivity contribution in [3.63, 3.8) is 0 Å². The summed E-state index contributed by atoms with van der Waals surface area (Å²) < 4.78 is 0. The number of aromatic nitrogens is 1. The minimum atomic E-state index is 0.509. The molecule has 3 nitrogen and oxygen atoms in total. The molecule has 0 saturated carbocycles. The molecule has 96 valence electrons. The summed E-state index contributed by atoms with van der Waals surface area (Å²) in [5.41, 5.74) is 7.94. The number of fused-ring (bicyclic) bond motifs is 1. The molecular weight excluding hydrogens is 222 g/mol. The SMILES string of the molecule is CC(C)C(CN)CNc1ccc2ncccc2c1. The van der Waals surface area contributed by atoms with Crippen molar-refractivity contribution in [1.82, 2.24) is 4.98 Å². The number of pyridine rings is 1. The van der Waals surface area contributed by atoms with Gasteiger partial charge in [-0.1, -0.05) is 19.9 Å². The molecule has 0 saturated heterocycles. The van der Waals surface area contributed by atoms with Crippen molar-refractivity contribution in [2.75, 3.05) is 18.4 Å². The molecule has 0 radical (unpaired) electrons. The molecule has 1 aromatic carbocycles. The van der Waals surface area contributed by atoms with Crippen LogP contribution in [0.5, 0.6) is 0 Å². The molecule has 0 aliphatic carbocycles. The van der Waals surface area contributed by atoms with Gasteiger partial charge in [0.05, 0.1) is 5.52 Å². The molecule has 2 rings (SSSR count). The summed E-state index contributed by atoms with van der Waals surface area (Å²) in [6, 6.07) is 10.3. The van der Waals surface area contributed by atoms with Gasteiger partial charge in [-0.2, -0.15) is 0 Å². The van der Waals surface area contributed by atoms with Crippen molar-refractivity contribution in [2.24, 2.45) is 17.6 Å². The lowest BCUT2D eigenvalue weighted by Gasteiger charge is -2.20. The molecule has 1 aromatic heterocycles. The van der Waals surface area contributed by atoms with Gasteiger partial charge in [-0.15, -0.1) is 0 Å². The van der Waals surface area contributed by atoms with Gasteiger partial charge in [0.1, 0.15) is 0 Å². The predicted molar refractivity (Wildman–Crippen MR) is 77.6 cm³/mol. The molecule has 18 heavy (non-hydrogen) atoms. The summed E-state index contributed by atoms with van der Waals surface area (Å²) in [5.74, 6) is 1.11.